The second kappa shape index (κ2) is 48.0. The minimum absolute atomic E-state index is 0.204. The molecule has 1 aliphatic rings. The Hall–Kier alpha value is -13.0. The molecular formula is C60H84N12O42. The Balaban J connectivity index is 5.23. The molecule has 636 valence electrons. The van der Waals surface area contributed by atoms with E-state index < -0.39 is 375 Å². The fraction of sp³-hybridized carbons (Fsp3) is 0.600. The van der Waals surface area contributed by atoms with Gasteiger partial charge < -0.3 is 121 Å². The number of carbonyl (C=O) groups is 24. The zero-order valence-corrected chi connectivity index (χ0v) is 59.9. The number of nitrogens with zero attached hydrogens (tertiary/aromatic N) is 12. The average molecular weight is 1650 g/mol. The lowest BCUT2D eigenvalue weighted by atomic mass is 10.1. The zero-order valence-electron chi connectivity index (χ0n) is 59.9. The molecule has 0 aliphatic carbocycles. The van der Waals surface area contributed by atoms with Gasteiger partial charge in [0.15, 0.2) is 0 Å². The lowest BCUT2D eigenvalue weighted by molar-refractivity contribution is -0.155. The molecule has 6 unspecified atom stereocenters. The molecule has 54 heteroatoms. The van der Waals surface area contributed by atoms with Crippen molar-refractivity contribution in [3.8, 4) is 0 Å². The van der Waals surface area contributed by atoms with Gasteiger partial charge in [-0.25, -0.2) is 0 Å². The Morgan fingerprint density at radius 2 is 0.246 bits per heavy atom. The van der Waals surface area contributed by atoms with Crippen molar-refractivity contribution in [2.45, 2.75) is 74.8 Å². The highest BCUT2D eigenvalue weighted by molar-refractivity contribution is 5.91. The molecule has 0 aromatic carbocycles. The molecule has 0 bridgehead atoms. The van der Waals surface area contributed by atoms with Crippen LogP contribution in [0, 0.1) is 0 Å². The molecular weight excluding hydrogens is 1560 g/mol. The summed E-state index contributed by atoms with van der Waals surface area (Å²) in [5.41, 5.74) is 0. The van der Waals surface area contributed by atoms with Crippen LogP contribution in [0.25, 0.3) is 0 Å². The van der Waals surface area contributed by atoms with E-state index in [1.165, 1.54) is 0 Å². The van der Waals surface area contributed by atoms with E-state index in [0.29, 0.717) is 29.4 Å². The molecule has 114 heavy (non-hydrogen) atoms. The van der Waals surface area contributed by atoms with Crippen LogP contribution < -0.4 is 0 Å². The van der Waals surface area contributed by atoms with Gasteiger partial charge in [-0.2, -0.15) is 0 Å². The van der Waals surface area contributed by atoms with E-state index in [-0.39, 0.29) is 29.4 Å². The first kappa shape index (κ1) is 99.0. The first-order valence-electron chi connectivity index (χ1n) is 32.9. The molecule has 0 aromatic heterocycles. The molecule has 0 radical (unpaired) electrons. The van der Waals surface area contributed by atoms with E-state index in [4.69, 9.17) is 0 Å². The van der Waals surface area contributed by atoms with E-state index in [9.17, 15) is 207 Å². The van der Waals surface area contributed by atoms with Gasteiger partial charge in [0.05, 0.1) is 117 Å². The van der Waals surface area contributed by atoms with E-state index in [1.54, 1.807) is 0 Å². The lowest BCUT2D eigenvalue weighted by Crippen LogP contribution is -2.55. The van der Waals surface area contributed by atoms with E-state index >= 15 is 0 Å². The van der Waals surface area contributed by atoms with Gasteiger partial charge in [0, 0.05) is 78.5 Å². The van der Waals surface area contributed by atoms with Gasteiger partial charge in [0.25, 0.3) is 0 Å². The molecule has 1 aliphatic heterocycles. The van der Waals surface area contributed by atoms with Crippen molar-refractivity contribution in [1.82, 2.24) is 58.8 Å². The van der Waals surface area contributed by atoms with Crippen molar-refractivity contribution in [1.29, 1.82) is 0 Å². The van der Waals surface area contributed by atoms with Crippen molar-refractivity contribution in [3.63, 3.8) is 0 Å². The van der Waals surface area contributed by atoms with Gasteiger partial charge in [-0.05, 0) is 0 Å². The SMILES string of the molecule is O=C(O)CN(CC(=O)O)C(CC(=O)N1CCN(C(=O)CC(C(=O)O)N(CC(=O)O)CC(=O)O)CCN(C(=O)CC(C(=O)O)N(CC(=O)O)CC(=O)O)CCN(C(=O)CC(C(=O)O)N(CC(=O)O)CC(=O)O)CCN(C(=O)CC(C(=O)O)N(CC(=O)O)CC(=O)O)CCN(C(=O)CC(C(=O)O)N(CC(=O)O)CC(=O)O)CC1)C(=O)O. The highest BCUT2D eigenvalue weighted by atomic mass is 16.4. The highest BCUT2D eigenvalue weighted by Crippen LogP contribution is 2.19. The van der Waals surface area contributed by atoms with Crippen LogP contribution in [-0.2, 0) is 115 Å². The topological polar surface area (TPSA) is 813 Å². The molecule has 18 N–H and O–H groups in total. The number of carboxylic acids is 18. The van der Waals surface area contributed by atoms with Crippen LogP contribution in [0.2, 0.25) is 0 Å². The van der Waals surface area contributed by atoms with Gasteiger partial charge >= 0.3 is 107 Å². The van der Waals surface area contributed by atoms with Crippen LogP contribution in [0.4, 0.5) is 0 Å². The molecule has 1 fully saturated rings. The molecule has 1 saturated heterocycles. The van der Waals surface area contributed by atoms with Crippen LogP contribution in [0.15, 0.2) is 0 Å². The van der Waals surface area contributed by atoms with E-state index in [2.05, 4.69) is 0 Å². The van der Waals surface area contributed by atoms with Crippen molar-refractivity contribution in [3.05, 3.63) is 0 Å². The quantitative estimate of drug-likeness (QED) is 0.0269. The zero-order chi connectivity index (χ0) is 87.5. The summed E-state index contributed by atoms with van der Waals surface area (Å²) in [5, 5.41) is 179. The summed E-state index contributed by atoms with van der Waals surface area (Å²) < 4.78 is 0. The third-order valence-electron chi connectivity index (χ3n) is 16.6. The van der Waals surface area contributed by atoms with Crippen molar-refractivity contribution in [2.75, 3.05) is 157 Å². The summed E-state index contributed by atoms with van der Waals surface area (Å²) in [6.07, 6.45) is -9.33. The largest absolute Gasteiger partial charge is 0.480 e. The van der Waals surface area contributed by atoms with E-state index in [0.717, 1.165) is 0 Å². The number of hydrogen-bond donors (Lipinski definition) is 18. The first-order chi connectivity index (χ1) is 52.8. The van der Waals surface area contributed by atoms with Crippen LogP contribution in [0.5, 0.6) is 0 Å². The van der Waals surface area contributed by atoms with E-state index in [1.807, 2.05) is 0 Å². The molecule has 6 amide bonds. The molecule has 54 nitrogen and oxygen atoms in total. The normalized spacial score (nSPS) is 15.1. The van der Waals surface area contributed by atoms with Crippen LogP contribution in [0.1, 0.15) is 38.5 Å². The van der Waals surface area contributed by atoms with Crippen LogP contribution in [-0.4, -0.2) is 487 Å². The summed E-state index contributed by atoms with van der Waals surface area (Å²) in [6.45, 7) is -32.1. The second-order valence-electron chi connectivity index (χ2n) is 24.8. The van der Waals surface area contributed by atoms with Gasteiger partial charge in [-0.3, -0.25) is 144 Å². The van der Waals surface area contributed by atoms with Crippen molar-refractivity contribution >= 4 is 143 Å². The van der Waals surface area contributed by atoms with Crippen molar-refractivity contribution < 1.29 is 207 Å². The molecule has 1 heterocycles. The van der Waals surface area contributed by atoms with Gasteiger partial charge in [0.1, 0.15) is 36.3 Å². The summed E-state index contributed by atoms with van der Waals surface area (Å²) in [5.74, 6) is -45.4. The number of aliphatic carboxylic acids is 18. The summed E-state index contributed by atoms with van der Waals surface area (Å²) in [4.78, 5) is 316. The lowest BCUT2D eigenvalue weighted by Gasteiger charge is -2.36. The fourth-order valence-electron chi connectivity index (χ4n) is 11.4. The number of hydrogen-bond acceptors (Lipinski definition) is 30. The monoisotopic (exact) mass is 1640 g/mol. The number of carboxylic acid groups (broad SMARTS) is 18. The smallest absolute Gasteiger partial charge is 0.321 e. The van der Waals surface area contributed by atoms with Gasteiger partial charge in [-0.1, -0.05) is 0 Å². The molecule has 0 saturated carbocycles. The van der Waals surface area contributed by atoms with Crippen LogP contribution >= 0.6 is 0 Å². The fourth-order valence-corrected chi connectivity index (χ4v) is 11.4. The Morgan fingerprint density at radius 1 is 0.167 bits per heavy atom. The number of amides is 6. The highest BCUT2D eigenvalue weighted by Gasteiger charge is 2.41. The Morgan fingerprint density at radius 3 is 0.307 bits per heavy atom. The Labute approximate surface area is 639 Å². The molecule has 6 atom stereocenters. The summed E-state index contributed by atoms with van der Waals surface area (Å²) >= 11 is 0. The number of carbonyl (C=O) groups excluding carboxylic acids is 6. The maximum Gasteiger partial charge on any atom is 0.321 e. The van der Waals surface area contributed by atoms with Crippen molar-refractivity contribution in [2.24, 2.45) is 0 Å². The standard InChI is InChI=1S/C60H84N12O42/c73-37(13-31(55(103)104)67(19-43(79)80)20-44(81)82)61-1-2-62(38(74)14-32(56(105)106)68(21-45(83)84)22-46(85)86)5-6-64(40(76)16-34(58(109)110)70(25-49(91)92)26-50(93)94)9-10-66(42(78)18-36(60(113)114)72(29-53(99)100)30-54(101)102)12-11-65(41(77)17-35(59(111)112)71(27-51(95)96)28-52(97)98)8-7-63(4-3-61)39(75)15-33(57(107)108)69(23-47(87)88)24-48(89)90/h31-36H,1-30H2,(H,79,80)(H,81,82)(H,83,84)(H,85,86)(H,87,88)(H,89,90)(H,91,92)(H,93,94)(H,95,96)(H,97,98)(H,99,100)(H,101,102)(H,103,104)(H,105,106)(H,107,108)(H,109,110)(H,111,112)(H,113,114). The second-order valence-corrected chi connectivity index (χ2v) is 24.8. The first-order valence-corrected chi connectivity index (χ1v) is 32.9. The third-order valence-corrected chi connectivity index (χ3v) is 16.6. The van der Waals surface area contributed by atoms with Crippen LogP contribution in [0.3, 0.4) is 0 Å². The third kappa shape index (κ3) is 36.7. The minimum atomic E-state index is -2.52. The Kier molecular flexibility index (Phi) is 41.7. The summed E-state index contributed by atoms with van der Waals surface area (Å²) in [7, 11) is 0. The maximum absolute atomic E-state index is 15.0. The summed E-state index contributed by atoms with van der Waals surface area (Å²) in [6, 6.07) is -15.1. The Bertz CT molecular complexity index is 2920. The molecule has 1 rings (SSSR count). The molecule has 0 aromatic rings. The average Bonchev–Trinajstić information content (AvgIpc) is 0.854. The molecule has 0 spiro atoms. The predicted molar refractivity (Wildman–Crippen MR) is 357 cm³/mol. The predicted octanol–water partition coefficient (Wildman–Crippen LogP) is -11.1. The van der Waals surface area contributed by atoms with Gasteiger partial charge in [-0.15, -0.1) is 0 Å². The number of rotatable bonds is 48. The maximum atomic E-state index is 15.0. The van der Waals surface area contributed by atoms with Gasteiger partial charge in [0.2, 0.25) is 35.4 Å². The minimum Gasteiger partial charge on any atom is -0.480 e.